The van der Waals surface area contributed by atoms with Crippen molar-refractivity contribution in [2.24, 2.45) is 0 Å². The second kappa shape index (κ2) is 30.0. The first kappa shape index (κ1) is 36.5. The van der Waals surface area contributed by atoms with Gasteiger partial charge in [-0.1, -0.05) is 94.7 Å². The van der Waals surface area contributed by atoms with E-state index in [2.05, 4.69) is 62.4 Å². The van der Waals surface area contributed by atoms with E-state index >= 15 is 0 Å². The van der Waals surface area contributed by atoms with Gasteiger partial charge < -0.3 is 14.7 Å². The smallest absolute Gasteiger partial charge is 0.450 e. The maximum absolute atomic E-state index is 11.1. The molecule has 0 spiro atoms. The van der Waals surface area contributed by atoms with Crippen molar-refractivity contribution in [3.63, 3.8) is 0 Å². The number of carboxylic acid groups (broad SMARTS) is 1. The molecule has 0 aromatic heterocycles. The van der Waals surface area contributed by atoms with Gasteiger partial charge in [0.2, 0.25) is 0 Å². The lowest BCUT2D eigenvalue weighted by molar-refractivity contribution is 0.0422. The number of rotatable bonds is 28. The van der Waals surface area contributed by atoms with Crippen molar-refractivity contribution in [1.82, 2.24) is 4.90 Å². The summed E-state index contributed by atoms with van der Waals surface area (Å²) in [5, 5.41) is 9.08. The van der Waals surface area contributed by atoms with E-state index in [0.29, 0.717) is 0 Å². The van der Waals surface area contributed by atoms with Crippen LogP contribution in [0, 0.1) is 0 Å². The van der Waals surface area contributed by atoms with E-state index in [0.717, 1.165) is 32.1 Å². The van der Waals surface area contributed by atoms with Gasteiger partial charge in [-0.3, -0.25) is 0 Å². The zero-order valence-electron chi connectivity index (χ0n) is 25.5. The van der Waals surface area contributed by atoms with Crippen LogP contribution in [0.15, 0.2) is 36.5 Å². The molecule has 0 bridgehead atoms. The summed E-state index contributed by atoms with van der Waals surface area (Å²) in [6.45, 7) is 3.44. The van der Waals surface area contributed by atoms with Crippen LogP contribution in [0.2, 0.25) is 0 Å². The fourth-order valence-electron chi connectivity index (χ4n) is 4.68. The molecule has 0 aromatic rings. The molecule has 0 fully saturated rings. The first-order valence-electron chi connectivity index (χ1n) is 16.1. The molecule has 0 aliphatic rings. The second-order valence-corrected chi connectivity index (χ2v) is 11.1. The van der Waals surface area contributed by atoms with Crippen LogP contribution < -0.4 is 0 Å². The standard InChI is InChI=1S/C34H63NO3/c1-4-5-6-7-8-9-10-11-12-13-15-18-21-24-27-30-33(38-34(36)37)31-28-25-22-19-16-14-17-20-23-26-29-32-35(2)3/h8-9,11-12,14,17,33H,4-7,10,13,15-16,18-32H2,1-3H3,(H,36,37)/b9-8-,12-11-,17-14-. The molecule has 0 aliphatic heterocycles. The molecule has 4 heteroatoms. The SMILES string of the molecule is CCCCC/C=C\C/C=C\CCCCCCCC(CCCCCC/C=C\CCCCCN(C)C)OC(=O)O. The highest BCUT2D eigenvalue weighted by Crippen LogP contribution is 2.17. The van der Waals surface area contributed by atoms with Crippen LogP contribution in [-0.2, 0) is 4.74 Å². The lowest BCUT2D eigenvalue weighted by Crippen LogP contribution is -2.16. The van der Waals surface area contributed by atoms with Crippen LogP contribution in [0.4, 0.5) is 4.79 Å². The van der Waals surface area contributed by atoms with E-state index < -0.39 is 6.16 Å². The molecule has 0 saturated carbocycles. The average Bonchev–Trinajstić information content (AvgIpc) is 2.88. The van der Waals surface area contributed by atoms with E-state index in [9.17, 15) is 4.79 Å². The number of ether oxygens (including phenoxy) is 1. The first-order valence-corrected chi connectivity index (χ1v) is 16.1. The van der Waals surface area contributed by atoms with Crippen molar-refractivity contribution < 1.29 is 14.6 Å². The van der Waals surface area contributed by atoms with Crippen molar-refractivity contribution in [3.8, 4) is 0 Å². The Bertz CT molecular complexity index is 582. The summed E-state index contributed by atoms with van der Waals surface area (Å²) < 4.78 is 5.17. The minimum absolute atomic E-state index is 0.127. The highest BCUT2D eigenvalue weighted by Gasteiger charge is 2.13. The van der Waals surface area contributed by atoms with Gasteiger partial charge in [-0.2, -0.15) is 0 Å². The fraction of sp³-hybridized carbons (Fsp3) is 0.794. The lowest BCUT2D eigenvalue weighted by Gasteiger charge is -2.15. The predicted octanol–water partition coefficient (Wildman–Crippen LogP) is 10.9. The topological polar surface area (TPSA) is 49.8 Å². The Balaban J connectivity index is 3.65. The minimum atomic E-state index is -1.12. The predicted molar refractivity (Wildman–Crippen MR) is 166 cm³/mol. The van der Waals surface area contributed by atoms with Gasteiger partial charge >= 0.3 is 6.16 Å². The Morgan fingerprint density at radius 1 is 0.632 bits per heavy atom. The molecule has 0 amide bonds. The first-order chi connectivity index (χ1) is 18.6. The molecule has 0 radical (unpaired) electrons. The van der Waals surface area contributed by atoms with Gasteiger partial charge in [-0.15, -0.1) is 0 Å². The molecular weight excluding hydrogens is 470 g/mol. The summed E-state index contributed by atoms with van der Waals surface area (Å²) in [5.41, 5.74) is 0. The molecule has 38 heavy (non-hydrogen) atoms. The molecule has 1 unspecified atom stereocenters. The number of hydrogen-bond donors (Lipinski definition) is 1. The highest BCUT2D eigenvalue weighted by molar-refractivity contribution is 5.57. The van der Waals surface area contributed by atoms with Crippen molar-refractivity contribution in [2.45, 2.75) is 154 Å². The summed E-state index contributed by atoms with van der Waals surface area (Å²) in [4.78, 5) is 13.3. The molecule has 0 heterocycles. The summed E-state index contributed by atoms with van der Waals surface area (Å²) in [5.74, 6) is 0. The van der Waals surface area contributed by atoms with Crippen LogP contribution in [0.1, 0.15) is 148 Å². The molecule has 222 valence electrons. The van der Waals surface area contributed by atoms with E-state index in [1.807, 2.05) is 0 Å². The van der Waals surface area contributed by atoms with Crippen LogP contribution in [-0.4, -0.2) is 42.9 Å². The lowest BCUT2D eigenvalue weighted by atomic mass is 10.0. The minimum Gasteiger partial charge on any atom is -0.450 e. The number of nitrogens with zero attached hydrogens (tertiary/aromatic N) is 1. The van der Waals surface area contributed by atoms with Gasteiger partial charge in [-0.05, 0) is 111 Å². The molecule has 1 atom stereocenters. The fourth-order valence-corrected chi connectivity index (χ4v) is 4.68. The van der Waals surface area contributed by atoms with E-state index in [1.165, 1.54) is 116 Å². The second-order valence-electron chi connectivity index (χ2n) is 11.1. The van der Waals surface area contributed by atoms with Crippen LogP contribution in [0.25, 0.3) is 0 Å². The summed E-state index contributed by atoms with van der Waals surface area (Å²) in [6.07, 6.45) is 38.7. The van der Waals surface area contributed by atoms with Gasteiger partial charge in [0.05, 0.1) is 0 Å². The molecule has 0 saturated heterocycles. The maximum Gasteiger partial charge on any atom is 0.506 e. The van der Waals surface area contributed by atoms with Gasteiger partial charge in [0.1, 0.15) is 6.10 Å². The Labute approximate surface area is 237 Å². The Kier molecular flexibility index (Phi) is 28.8. The Hall–Kier alpha value is -1.55. The normalized spacial score (nSPS) is 12.9. The quantitative estimate of drug-likeness (QED) is 0.0617. The molecule has 0 aromatic carbocycles. The van der Waals surface area contributed by atoms with E-state index in [4.69, 9.17) is 9.84 Å². The van der Waals surface area contributed by atoms with E-state index in [1.54, 1.807) is 0 Å². The molecule has 4 nitrogen and oxygen atoms in total. The van der Waals surface area contributed by atoms with Crippen molar-refractivity contribution >= 4 is 6.16 Å². The third-order valence-electron chi connectivity index (χ3n) is 7.03. The number of unbranched alkanes of at least 4 members (excludes halogenated alkanes) is 15. The van der Waals surface area contributed by atoms with Gasteiger partial charge in [-0.25, -0.2) is 4.79 Å². The van der Waals surface area contributed by atoms with Crippen molar-refractivity contribution in [1.29, 1.82) is 0 Å². The third kappa shape index (κ3) is 30.7. The monoisotopic (exact) mass is 533 g/mol. The van der Waals surface area contributed by atoms with Gasteiger partial charge in [0, 0.05) is 0 Å². The number of carbonyl (C=O) groups is 1. The maximum atomic E-state index is 11.1. The van der Waals surface area contributed by atoms with E-state index in [-0.39, 0.29) is 6.10 Å². The number of allylic oxidation sites excluding steroid dienone is 6. The Morgan fingerprint density at radius 3 is 1.53 bits per heavy atom. The molecule has 1 N–H and O–H groups in total. The summed E-state index contributed by atoms with van der Waals surface area (Å²) in [6, 6.07) is 0. The third-order valence-corrected chi connectivity index (χ3v) is 7.03. The van der Waals surface area contributed by atoms with Crippen LogP contribution in [0.5, 0.6) is 0 Å². The average molecular weight is 534 g/mol. The largest absolute Gasteiger partial charge is 0.506 e. The van der Waals surface area contributed by atoms with Crippen molar-refractivity contribution in [3.05, 3.63) is 36.5 Å². The molecule has 0 rings (SSSR count). The highest BCUT2D eigenvalue weighted by atomic mass is 16.7. The van der Waals surface area contributed by atoms with Gasteiger partial charge in [0.15, 0.2) is 0 Å². The molecular formula is C34H63NO3. The molecule has 0 aliphatic carbocycles. The van der Waals surface area contributed by atoms with Crippen molar-refractivity contribution in [2.75, 3.05) is 20.6 Å². The van der Waals surface area contributed by atoms with Crippen LogP contribution in [0.3, 0.4) is 0 Å². The number of hydrogen-bond acceptors (Lipinski definition) is 3. The summed E-state index contributed by atoms with van der Waals surface area (Å²) >= 11 is 0. The Morgan fingerprint density at radius 2 is 1.05 bits per heavy atom. The summed E-state index contributed by atoms with van der Waals surface area (Å²) in [7, 11) is 4.27. The zero-order valence-corrected chi connectivity index (χ0v) is 25.5. The van der Waals surface area contributed by atoms with Gasteiger partial charge in [0.25, 0.3) is 0 Å². The zero-order chi connectivity index (χ0) is 27.9. The van der Waals surface area contributed by atoms with Crippen LogP contribution >= 0.6 is 0 Å².